The van der Waals surface area contributed by atoms with Gasteiger partial charge in [-0.15, -0.1) is 0 Å². The van der Waals surface area contributed by atoms with Crippen molar-refractivity contribution in [2.24, 2.45) is 0 Å². The third-order valence-electron chi connectivity index (χ3n) is 5.87. The molecule has 0 unspecified atom stereocenters. The molecule has 0 saturated heterocycles. The molecule has 0 aromatic rings. The number of rotatable bonds is 21. The van der Waals surface area contributed by atoms with Crippen molar-refractivity contribution < 1.29 is 0 Å². The average molecular weight is 482 g/mol. The topological polar surface area (TPSA) is 0 Å². The van der Waals surface area contributed by atoms with E-state index in [4.69, 9.17) is 0 Å². The summed E-state index contributed by atoms with van der Waals surface area (Å²) in [7, 11) is 0. The van der Waals surface area contributed by atoms with Crippen molar-refractivity contribution in [1.29, 1.82) is 0 Å². The molecule has 0 saturated carbocycles. The van der Waals surface area contributed by atoms with Gasteiger partial charge in [0.15, 0.2) is 0 Å². The molecule has 0 aliphatic carbocycles. The van der Waals surface area contributed by atoms with Crippen LogP contribution in [0.15, 0.2) is 9.16 Å². The van der Waals surface area contributed by atoms with Crippen LogP contribution in [0.3, 0.4) is 0 Å². The molecule has 0 bridgehead atoms. The van der Waals surface area contributed by atoms with Gasteiger partial charge in [0.1, 0.15) is 0 Å². The Kier molecular flexibility index (Phi) is 23.3. The van der Waals surface area contributed by atoms with Gasteiger partial charge in [-0.1, -0.05) is 0 Å². The Morgan fingerprint density at radius 2 is 0.704 bits per heavy atom. The van der Waals surface area contributed by atoms with Crippen molar-refractivity contribution >= 4 is 22.5 Å². The molecule has 0 aromatic carbocycles. The zero-order chi connectivity index (χ0) is 20.0. The van der Waals surface area contributed by atoms with Gasteiger partial charge in [0.05, 0.1) is 0 Å². The molecule has 0 rings (SSSR count). The van der Waals surface area contributed by atoms with Crippen LogP contribution in [-0.4, -0.2) is 22.5 Å². The van der Waals surface area contributed by atoms with E-state index in [-0.39, 0.29) is 0 Å². The van der Waals surface area contributed by atoms with Crippen molar-refractivity contribution in [1.82, 2.24) is 0 Å². The fourth-order valence-electron chi connectivity index (χ4n) is 3.92. The fourth-order valence-corrected chi connectivity index (χ4v) is 5.14. The SMILES string of the molecule is CCCCCCCC[C]([Sn])=C(CCCCCCCC)CCCCCCCC. The summed E-state index contributed by atoms with van der Waals surface area (Å²) in [6.07, 6.45) is 30.1. The van der Waals surface area contributed by atoms with E-state index < -0.39 is 0 Å². The standard InChI is InChI=1S/C26H51.Sn/c1-4-7-10-13-16-19-22-25-26(23-20-17-14-11-8-5-2)24-21-18-15-12-9-6-3;/h4-24H2,1-3H3;. The molecule has 1 heteroatoms. The van der Waals surface area contributed by atoms with E-state index in [0.29, 0.717) is 0 Å². The van der Waals surface area contributed by atoms with Gasteiger partial charge in [0.25, 0.3) is 0 Å². The van der Waals surface area contributed by atoms with E-state index in [1.165, 1.54) is 135 Å². The second-order valence-electron chi connectivity index (χ2n) is 8.64. The minimum absolute atomic E-state index is 1.37. The monoisotopic (exact) mass is 483 g/mol. The van der Waals surface area contributed by atoms with Crippen molar-refractivity contribution in [2.75, 3.05) is 0 Å². The van der Waals surface area contributed by atoms with Crippen LogP contribution in [0.1, 0.15) is 156 Å². The molecule has 3 radical (unpaired) electrons. The first-order valence-corrected chi connectivity index (χ1v) is 14.1. The van der Waals surface area contributed by atoms with Crippen molar-refractivity contribution in [3.63, 3.8) is 0 Å². The molecule has 0 atom stereocenters. The Labute approximate surface area is 186 Å². The van der Waals surface area contributed by atoms with Gasteiger partial charge in [0.2, 0.25) is 0 Å². The zero-order valence-electron chi connectivity index (χ0n) is 19.3. The third-order valence-corrected chi connectivity index (χ3v) is 7.59. The summed E-state index contributed by atoms with van der Waals surface area (Å²) in [4.78, 5) is 0. The van der Waals surface area contributed by atoms with E-state index in [9.17, 15) is 0 Å². The van der Waals surface area contributed by atoms with Crippen LogP contribution in [0.25, 0.3) is 0 Å². The minimum atomic E-state index is 1.37. The second kappa shape index (κ2) is 22.8. The molecule has 0 nitrogen and oxygen atoms in total. The van der Waals surface area contributed by atoms with Gasteiger partial charge >= 0.3 is 187 Å². The normalized spacial score (nSPS) is 11.1. The van der Waals surface area contributed by atoms with Gasteiger partial charge in [-0.25, -0.2) is 0 Å². The predicted octanol–water partition coefficient (Wildman–Crippen LogP) is 9.66. The van der Waals surface area contributed by atoms with Crippen LogP contribution >= 0.6 is 0 Å². The average Bonchev–Trinajstić information content (AvgIpc) is 2.68. The van der Waals surface area contributed by atoms with E-state index in [2.05, 4.69) is 20.8 Å². The molecule has 0 amide bonds. The Morgan fingerprint density at radius 3 is 1.07 bits per heavy atom. The zero-order valence-corrected chi connectivity index (χ0v) is 22.2. The van der Waals surface area contributed by atoms with Gasteiger partial charge in [-0.05, 0) is 0 Å². The van der Waals surface area contributed by atoms with E-state index in [1.807, 2.05) is 9.16 Å². The number of hydrogen-bond donors (Lipinski definition) is 0. The Hall–Kier alpha value is 0.539. The van der Waals surface area contributed by atoms with Crippen molar-refractivity contribution in [3.8, 4) is 0 Å². The van der Waals surface area contributed by atoms with Crippen LogP contribution < -0.4 is 0 Å². The molecule has 159 valence electrons. The molecule has 0 aliphatic rings. The first kappa shape index (κ1) is 27.5. The molecular formula is C26H51Sn. The summed E-state index contributed by atoms with van der Waals surface area (Å²) in [5, 5.41) is 0. The quantitative estimate of drug-likeness (QED) is 0.113. The second-order valence-corrected chi connectivity index (χ2v) is 10.4. The van der Waals surface area contributed by atoms with Gasteiger partial charge in [-0.2, -0.15) is 0 Å². The van der Waals surface area contributed by atoms with E-state index >= 15 is 0 Å². The number of allylic oxidation sites excluding steroid dienone is 2. The first-order chi connectivity index (χ1) is 13.3. The molecule has 0 aromatic heterocycles. The molecule has 0 aliphatic heterocycles. The Bertz CT molecular complexity index is 300. The van der Waals surface area contributed by atoms with Crippen LogP contribution in [0.5, 0.6) is 0 Å². The fraction of sp³-hybridized carbons (Fsp3) is 0.923. The summed E-state index contributed by atoms with van der Waals surface area (Å²) in [6, 6.07) is 0. The van der Waals surface area contributed by atoms with Crippen molar-refractivity contribution in [2.45, 2.75) is 156 Å². The van der Waals surface area contributed by atoms with Crippen LogP contribution in [0.4, 0.5) is 0 Å². The van der Waals surface area contributed by atoms with Crippen LogP contribution in [0, 0.1) is 0 Å². The maximum atomic E-state index is 2.32. The summed E-state index contributed by atoms with van der Waals surface area (Å²) in [5.41, 5.74) is 1.88. The van der Waals surface area contributed by atoms with Gasteiger partial charge in [-0.3, -0.25) is 0 Å². The summed E-state index contributed by atoms with van der Waals surface area (Å²) in [6.45, 7) is 6.94. The summed E-state index contributed by atoms with van der Waals surface area (Å²) >= 11 is 1.71. The van der Waals surface area contributed by atoms with E-state index in [1.54, 1.807) is 22.5 Å². The predicted molar refractivity (Wildman–Crippen MR) is 127 cm³/mol. The number of hydrogen-bond acceptors (Lipinski definition) is 0. The summed E-state index contributed by atoms with van der Waals surface area (Å²) in [5.74, 6) is 0. The molecule has 0 N–H and O–H groups in total. The Balaban J connectivity index is 4.16. The summed E-state index contributed by atoms with van der Waals surface area (Å²) < 4.78 is 1.85. The molecule has 0 spiro atoms. The number of unbranched alkanes of at least 4 members (excludes halogenated alkanes) is 15. The van der Waals surface area contributed by atoms with Crippen LogP contribution in [-0.2, 0) is 0 Å². The van der Waals surface area contributed by atoms with Gasteiger partial charge < -0.3 is 0 Å². The van der Waals surface area contributed by atoms with Gasteiger partial charge in [0, 0.05) is 0 Å². The van der Waals surface area contributed by atoms with Crippen molar-refractivity contribution in [3.05, 3.63) is 9.16 Å². The first-order valence-electron chi connectivity index (χ1n) is 12.7. The molecule has 0 fully saturated rings. The molecule has 0 heterocycles. The van der Waals surface area contributed by atoms with E-state index in [0.717, 1.165) is 0 Å². The molecular weight excluding hydrogens is 431 g/mol. The van der Waals surface area contributed by atoms with Crippen LogP contribution in [0.2, 0.25) is 0 Å². The maximum absolute atomic E-state index is 2.32. The third kappa shape index (κ3) is 19.6. The molecule has 27 heavy (non-hydrogen) atoms. The Morgan fingerprint density at radius 1 is 0.407 bits per heavy atom.